The van der Waals surface area contributed by atoms with E-state index in [4.69, 9.17) is 9.15 Å². The van der Waals surface area contributed by atoms with E-state index in [9.17, 15) is 4.39 Å². The van der Waals surface area contributed by atoms with Crippen LogP contribution in [0.15, 0.2) is 16.5 Å². The number of furan rings is 1. The molecule has 0 aliphatic carbocycles. The van der Waals surface area contributed by atoms with Crippen molar-refractivity contribution < 1.29 is 13.5 Å². The van der Waals surface area contributed by atoms with Gasteiger partial charge in [-0.3, -0.25) is 0 Å². The summed E-state index contributed by atoms with van der Waals surface area (Å²) in [6.07, 6.45) is 1.05. The number of hydrogen-bond donors (Lipinski definition) is 1. The van der Waals surface area contributed by atoms with Crippen LogP contribution in [-0.2, 0) is 17.9 Å². The van der Waals surface area contributed by atoms with Gasteiger partial charge >= 0.3 is 0 Å². The van der Waals surface area contributed by atoms with E-state index >= 15 is 0 Å². The smallest absolute Gasteiger partial charge is 0.170 e. The Labute approximate surface area is 112 Å². The van der Waals surface area contributed by atoms with E-state index in [-0.39, 0.29) is 5.82 Å². The van der Waals surface area contributed by atoms with Gasteiger partial charge in [-0.25, -0.2) is 4.39 Å². The van der Waals surface area contributed by atoms with E-state index in [0.29, 0.717) is 24.3 Å². The fourth-order valence-electron chi connectivity index (χ4n) is 2.15. The number of fused-ring (bicyclic) bond motifs is 1. The summed E-state index contributed by atoms with van der Waals surface area (Å²) in [5, 5.41) is 4.08. The van der Waals surface area contributed by atoms with Crippen LogP contribution in [0.4, 0.5) is 4.39 Å². The molecule has 0 fully saturated rings. The molecule has 0 aliphatic heterocycles. The molecule has 0 radical (unpaired) electrons. The summed E-state index contributed by atoms with van der Waals surface area (Å²) in [6.45, 7) is 5.77. The highest BCUT2D eigenvalue weighted by Gasteiger charge is 2.17. The monoisotopic (exact) mass is 265 g/mol. The summed E-state index contributed by atoms with van der Waals surface area (Å²) in [5.41, 5.74) is 1.86. The van der Waals surface area contributed by atoms with Crippen molar-refractivity contribution in [2.24, 2.45) is 0 Å². The average Bonchev–Trinajstić information content (AvgIpc) is 2.74. The molecule has 0 amide bonds. The van der Waals surface area contributed by atoms with Crippen molar-refractivity contribution in [2.75, 3.05) is 13.7 Å². The summed E-state index contributed by atoms with van der Waals surface area (Å²) < 4.78 is 25.0. The van der Waals surface area contributed by atoms with Gasteiger partial charge < -0.3 is 14.5 Å². The Balaban J connectivity index is 2.43. The van der Waals surface area contributed by atoms with Crippen molar-refractivity contribution in [1.29, 1.82) is 0 Å². The molecule has 1 heterocycles. The van der Waals surface area contributed by atoms with Gasteiger partial charge in [0.25, 0.3) is 0 Å². The predicted molar refractivity (Wildman–Crippen MR) is 73.6 cm³/mol. The first-order valence-corrected chi connectivity index (χ1v) is 6.58. The molecule has 1 N–H and O–H groups in total. The molecular weight excluding hydrogens is 245 g/mol. The van der Waals surface area contributed by atoms with Crippen LogP contribution in [0.5, 0.6) is 0 Å². The molecule has 4 heteroatoms. The minimum absolute atomic E-state index is 0.281. The topological polar surface area (TPSA) is 34.4 Å². The molecule has 1 aromatic heterocycles. The quantitative estimate of drug-likeness (QED) is 0.811. The Morgan fingerprint density at radius 2 is 2.16 bits per heavy atom. The van der Waals surface area contributed by atoms with E-state index in [1.807, 2.05) is 6.07 Å². The number of aryl methyl sites for hydroxylation is 1. The lowest BCUT2D eigenvalue weighted by Gasteiger charge is -2.03. The largest absolute Gasteiger partial charge is 0.456 e. The molecule has 0 aliphatic rings. The zero-order valence-corrected chi connectivity index (χ0v) is 11.7. The molecule has 3 nitrogen and oxygen atoms in total. The summed E-state index contributed by atoms with van der Waals surface area (Å²) in [7, 11) is 1.63. The Kier molecular flexibility index (Phi) is 4.56. The van der Waals surface area contributed by atoms with E-state index in [0.717, 1.165) is 29.7 Å². The van der Waals surface area contributed by atoms with Gasteiger partial charge in [0.05, 0.1) is 13.2 Å². The van der Waals surface area contributed by atoms with Gasteiger partial charge in [0.2, 0.25) is 0 Å². The van der Waals surface area contributed by atoms with Crippen LogP contribution < -0.4 is 5.32 Å². The number of benzene rings is 1. The van der Waals surface area contributed by atoms with Crippen molar-refractivity contribution in [3.63, 3.8) is 0 Å². The molecule has 0 bridgehead atoms. The molecule has 0 spiro atoms. The van der Waals surface area contributed by atoms with Crippen LogP contribution in [0, 0.1) is 12.7 Å². The number of hydrogen-bond acceptors (Lipinski definition) is 3. The van der Waals surface area contributed by atoms with E-state index in [1.165, 1.54) is 0 Å². The van der Waals surface area contributed by atoms with Crippen molar-refractivity contribution >= 4 is 11.0 Å². The second-order valence-corrected chi connectivity index (χ2v) is 4.69. The lowest BCUT2D eigenvalue weighted by atomic mass is 10.1. The molecule has 0 unspecified atom stereocenters. The Bertz CT molecular complexity index is 563. The number of rotatable bonds is 6. The molecular formula is C15H20FNO2. The molecule has 2 rings (SSSR count). The number of halogens is 1. The minimum Gasteiger partial charge on any atom is -0.456 e. The van der Waals surface area contributed by atoms with Crippen molar-refractivity contribution in [2.45, 2.75) is 33.4 Å². The Hall–Kier alpha value is -1.39. The van der Waals surface area contributed by atoms with E-state index in [2.05, 4.69) is 12.2 Å². The van der Waals surface area contributed by atoms with Gasteiger partial charge in [0.15, 0.2) is 11.4 Å². The summed E-state index contributed by atoms with van der Waals surface area (Å²) in [4.78, 5) is 0. The minimum atomic E-state index is -0.281. The van der Waals surface area contributed by atoms with Crippen molar-refractivity contribution in [3.05, 3.63) is 34.8 Å². The lowest BCUT2D eigenvalue weighted by Crippen LogP contribution is -2.14. The maximum Gasteiger partial charge on any atom is 0.170 e. The lowest BCUT2D eigenvalue weighted by molar-refractivity contribution is 0.183. The van der Waals surface area contributed by atoms with Crippen molar-refractivity contribution in [1.82, 2.24) is 5.32 Å². The molecule has 1 aromatic carbocycles. The Morgan fingerprint density at radius 1 is 1.37 bits per heavy atom. The van der Waals surface area contributed by atoms with Gasteiger partial charge in [0, 0.05) is 18.1 Å². The maximum atomic E-state index is 14.1. The van der Waals surface area contributed by atoms with Crippen LogP contribution in [0.25, 0.3) is 11.0 Å². The summed E-state index contributed by atoms with van der Waals surface area (Å²) in [5.74, 6) is 0.478. The number of methoxy groups -OCH3 is 1. The first-order valence-electron chi connectivity index (χ1n) is 6.58. The van der Waals surface area contributed by atoms with Crippen LogP contribution in [0.3, 0.4) is 0 Å². The van der Waals surface area contributed by atoms with Gasteiger partial charge in [-0.05, 0) is 25.5 Å². The zero-order chi connectivity index (χ0) is 13.8. The van der Waals surface area contributed by atoms with Gasteiger partial charge in [-0.2, -0.15) is 0 Å². The van der Waals surface area contributed by atoms with Crippen LogP contribution in [0.1, 0.15) is 30.2 Å². The highest BCUT2D eigenvalue weighted by atomic mass is 19.1. The van der Waals surface area contributed by atoms with E-state index < -0.39 is 0 Å². The fourth-order valence-corrected chi connectivity index (χ4v) is 2.15. The molecule has 0 saturated carbocycles. The van der Waals surface area contributed by atoms with Gasteiger partial charge in [0.1, 0.15) is 5.76 Å². The maximum absolute atomic E-state index is 14.1. The third-order valence-corrected chi connectivity index (χ3v) is 3.18. The predicted octanol–water partition coefficient (Wildman–Crippen LogP) is 3.53. The number of ether oxygens (including phenoxy) is 1. The summed E-state index contributed by atoms with van der Waals surface area (Å²) in [6, 6.07) is 3.67. The third-order valence-electron chi connectivity index (χ3n) is 3.18. The fraction of sp³-hybridized carbons (Fsp3) is 0.467. The SMILES string of the molecule is CCCNCc1oc2c(F)c(C)ccc2c1COC. The molecule has 2 aromatic rings. The van der Waals surface area contributed by atoms with Crippen LogP contribution in [-0.4, -0.2) is 13.7 Å². The normalized spacial score (nSPS) is 11.4. The second-order valence-electron chi connectivity index (χ2n) is 4.69. The van der Waals surface area contributed by atoms with Gasteiger partial charge in [-0.15, -0.1) is 0 Å². The molecule has 0 atom stereocenters. The van der Waals surface area contributed by atoms with Crippen molar-refractivity contribution in [3.8, 4) is 0 Å². The second kappa shape index (κ2) is 6.17. The Morgan fingerprint density at radius 3 is 2.84 bits per heavy atom. The van der Waals surface area contributed by atoms with Crippen LogP contribution >= 0.6 is 0 Å². The van der Waals surface area contributed by atoms with Crippen LogP contribution in [0.2, 0.25) is 0 Å². The standard InChI is InChI=1S/C15H20FNO2/c1-4-7-17-8-13-12(9-18-3)11-6-5-10(2)14(16)15(11)19-13/h5-6,17H,4,7-9H2,1-3H3. The third kappa shape index (κ3) is 2.80. The summed E-state index contributed by atoms with van der Waals surface area (Å²) >= 11 is 0. The average molecular weight is 265 g/mol. The first kappa shape index (κ1) is 14.0. The van der Waals surface area contributed by atoms with Gasteiger partial charge in [-0.1, -0.05) is 19.1 Å². The first-order chi connectivity index (χ1) is 9.19. The highest BCUT2D eigenvalue weighted by molar-refractivity contribution is 5.83. The molecule has 19 heavy (non-hydrogen) atoms. The molecule has 104 valence electrons. The highest BCUT2D eigenvalue weighted by Crippen LogP contribution is 2.30. The zero-order valence-electron chi connectivity index (χ0n) is 11.7. The molecule has 0 saturated heterocycles. The number of nitrogens with one attached hydrogen (secondary N) is 1. The van der Waals surface area contributed by atoms with E-state index in [1.54, 1.807) is 20.1 Å².